The Balaban J connectivity index is 1.12. The zero-order valence-corrected chi connectivity index (χ0v) is 34.5. The highest BCUT2D eigenvalue weighted by Crippen LogP contribution is 2.46. The van der Waals surface area contributed by atoms with Gasteiger partial charge in [0, 0.05) is 49.5 Å². The molecule has 13 nitrogen and oxygen atoms in total. The van der Waals surface area contributed by atoms with Crippen LogP contribution in [0.2, 0.25) is 0 Å². The highest BCUT2D eigenvalue weighted by atomic mass is 32.2. The predicted molar refractivity (Wildman–Crippen MR) is 219 cm³/mol. The quantitative estimate of drug-likeness (QED) is 0.243. The van der Waals surface area contributed by atoms with Crippen LogP contribution >= 0.6 is 0 Å². The van der Waals surface area contributed by atoms with E-state index in [0.717, 1.165) is 49.4 Å². The third kappa shape index (κ3) is 7.83. The van der Waals surface area contributed by atoms with E-state index < -0.39 is 62.0 Å². The van der Waals surface area contributed by atoms with Gasteiger partial charge < -0.3 is 19.9 Å². The molecule has 2 N–H and O–H groups in total. The summed E-state index contributed by atoms with van der Waals surface area (Å²) in [5.41, 5.74) is 2.45. The normalized spacial score (nSPS) is 24.8. The molecule has 2 aliphatic heterocycles. The molecule has 5 atom stereocenters. The summed E-state index contributed by atoms with van der Waals surface area (Å²) in [6.45, 7) is 11.0. The summed E-state index contributed by atoms with van der Waals surface area (Å²) in [5, 5.41) is 3.09. The molecule has 2 saturated heterocycles. The second kappa shape index (κ2) is 15.4. The van der Waals surface area contributed by atoms with E-state index in [4.69, 9.17) is 9.72 Å². The molecule has 0 spiro atoms. The van der Waals surface area contributed by atoms with Gasteiger partial charge in [0.25, 0.3) is 5.91 Å². The van der Waals surface area contributed by atoms with Crippen molar-refractivity contribution in [3.63, 3.8) is 0 Å². The van der Waals surface area contributed by atoms with Crippen LogP contribution < -0.4 is 14.8 Å². The Morgan fingerprint density at radius 3 is 2.48 bits per heavy atom. The number of nitrogens with one attached hydrogen (secondary N) is 2. The highest BCUT2D eigenvalue weighted by molar-refractivity contribution is 7.91. The molecule has 3 aliphatic carbocycles. The number of hydrogen-bond acceptors (Lipinski definition) is 9. The Kier molecular flexibility index (Phi) is 10.6. The van der Waals surface area contributed by atoms with Gasteiger partial charge in [-0.25, -0.2) is 13.4 Å². The molecule has 5 aliphatic rings. The molecule has 58 heavy (non-hydrogen) atoms. The molecule has 0 unspecified atom stereocenters. The van der Waals surface area contributed by atoms with Gasteiger partial charge in [0.15, 0.2) is 0 Å². The summed E-state index contributed by atoms with van der Waals surface area (Å²) in [6.07, 6.45) is 9.63. The first-order chi connectivity index (χ1) is 27.7. The van der Waals surface area contributed by atoms with Crippen molar-refractivity contribution in [3.8, 4) is 17.1 Å². The molecule has 0 bridgehead atoms. The number of benzene rings is 1. The number of carbonyl (C=O) groups is 4. The minimum Gasteiger partial charge on any atom is -0.488 e. The lowest BCUT2D eigenvalue weighted by Gasteiger charge is -2.36. The van der Waals surface area contributed by atoms with E-state index in [1.807, 2.05) is 56.0 Å². The number of fused-ring (bicyclic) bond motifs is 3. The molecule has 4 amide bonds. The smallest absolute Gasteiger partial charge is 0.259 e. The van der Waals surface area contributed by atoms with Gasteiger partial charge in [-0.05, 0) is 92.5 Å². The van der Waals surface area contributed by atoms with Crippen molar-refractivity contribution >= 4 is 44.6 Å². The summed E-state index contributed by atoms with van der Waals surface area (Å²) in [4.78, 5) is 69.9. The molecular weight excluding hydrogens is 757 g/mol. The van der Waals surface area contributed by atoms with E-state index in [1.54, 1.807) is 12.3 Å². The molecule has 4 heterocycles. The Morgan fingerprint density at radius 2 is 1.81 bits per heavy atom. The maximum Gasteiger partial charge on any atom is 0.259 e. The third-order valence-corrected chi connectivity index (χ3v) is 14.6. The minimum atomic E-state index is -3.89. The van der Waals surface area contributed by atoms with Crippen LogP contribution in [0, 0.1) is 17.3 Å². The number of pyridine rings is 2. The molecule has 14 heteroatoms. The first kappa shape index (κ1) is 40.0. The van der Waals surface area contributed by atoms with Gasteiger partial charge in [-0.2, -0.15) is 0 Å². The fraction of sp³-hybridized carbons (Fsp3) is 0.545. The van der Waals surface area contributed by atoms with Crippen molar-refractivity contribution in [2.45, 2.75) is 114 Å². The van der Waals surface area contributed by atoms with Crippen LogP contribution in [0.3, 0.4) is 0 Å². The number of hydrogen-bond donors (Lipinski definition) is 2. The SMILES string of the molecule is C=C[C@@H]1C[C@]1(NC(=O)[C@@H]1C[C@@H](Oc2cc(-c3ccccn3)nc3c4c(ccc23)CCC4)CN1C(=O)[C@@H](CC(=O)N1CCCCC1)C(C)(C)C)C(=O)NS(=O)(=O)C1CC1. The van der Waals surface area contributed by atoms with Gasteiger partial charge >= 0.3 is 0 Å². The lowest BCUT2D eigenvalue weighted by molar-refractivity contribution is -0.148. The number of likely N-dealkylation sites (tertiary alicyclic amines) is 2. The fourth-order valence-electron chi connectivity index (χ4n) is 9.06. The van der Waals surface area contributed by atoms with Gasteiger partial charge in [-0.3, -0.25) is 28.9 Å². The van der Waals surface area contributed by atoms with Gasteiger partial charge in [0.1, 0.15) is 23.4 Å². The summed E-state index contributed by atoms with van der Waals surface area (Å²) in [7, 11) is -3.89. The Morgan fingerprint density at radius 1 is 1.03 bits per heavy atom. The highest BCUT2D eigenvalue weighted by Gasteiger charge is 2.62. The second-order valence-electron chi connectivity index (χ2n) is 17.9. The zero-order chi connectivity index (χ0) is 41.0. The van der Waals surface area contributed by atoms with Crippen LogP contribution in [0.4, 0.5) is 0 Å². The van der Waals surface area contributed by atoms with Crippen LogP contribution in [0.1, 0.15) is 89.7 Å². The van der Waals surface area contributed by atoms with Crippen LogP contribution in [0.25, 0.3) is 22.3 Å². The van der Waals surface area contributed by atoms with Crippen molar-refractivity contribution in [2.75, 3.05) is 19.6 Å². The van der Waals surface area contributed by atoms with Gasteiger partial charge in [-0.1, -0.05) is 39.0 Å². The second-order valence-corrected chi connectivity index (χ2v) is 19.9. The van der Waals surface area contributed by atoms with Crippen LogP contribution in [-0.2, 0) is 42.0 Å². The first-order valence-electron chi connectivity index (χ1n) is 20.8. The van der Waals surface area contributed by atoms with Crippen molar-refractivity contribution in [2.24, 2.45) is 17.3 Å². The average Bonchev–Trinajstić information content (AvgIpc) is 4.09. The Bertz CT molecular complexity index is 2250. The summed E-state index contributed by atoms with van der Waals surface area (Å²) in [6, 6.07) is 10.6. The number of aromatic nitrogens is 2. The molecule has 0 radical (unpaired) electrons. The van der Waals surface area contributed by atoms with E-state index in [1.165, 1.54) is 16.0 Å². The van der Waals surface area contributed by atoms with E-state index in [2.05, 4.69) is 27.7 Å². The predicted octanol–water partition coefficient (Wildman–Crippen LogP) is 4.87. The number of amides is 4. The molecule has 2 saturated carbocycles. The summed E-state index contributed by atoms with van der Waals surface area (Å²) in [5.74, 6) is -2.52. The average molecular weight is 811 g/mol. The lowest BCUT2D eigenvalue weighted by atomic mass is 9.77. The largest absolute Gasteiger partial charge is 0.488 e. The molecule has 8 rings (SSSR count). The number of sulfonamides is 1. The van der Waals surface area contributed by atoms with Crippen molar-refractivity contribution in [1.82, 2.24) is 29.8 Å². The van der Waals surface area contributed by atoms with Crippen molar-refractivity contribution < 1.29 is 32.3 Å². The topological polar surface area (TPSA) is 168 Å². The van der Waals surface area contributed by atoms with E-state index in [9.17, 15) is 27.6 Å². The van der Waals surface area contributed by atoms with E-state index in [-0.39, 0.29) is 37.6 Å². The lowest BCUT2D eigenvalue weighted by Crippen LogP contribution is -2.57. The maximum absolute atomic E-state index is 14.9. The third-order valence-electron chi connectivity index (χ3n) is 12.8. The molecule has 4 fully saturated rings. The van der Waals surface area contributed by atoms with E-state index in [0.29, 0.717) is 43.1 Å². The minimum absolute atomic E-state index is 0.00383. The number of rotatable bonds is 12. The van der Waals surface area contributed by atoms with Crippen molar-refractivity contribution in [3.05, 3.63) is 66.4 Å². The molecular formula is C44H54N6O7S. The number of piperidine rings is 1. The van der Waals surface area contributed by atoms with Crippen molar-refractivity contribution in [1.29, 1.82) is 0 Å². The molecule has 308 valence electrons. The zero-order valence-electron chi connectivity index (χ0n) is 33.7. The number of carbonyl (C=O) groups excluding carboxylic acids is 4. The fourth-order valence-corrected chi connectivity index (χ4v) is 10.4. The maximum atomic E-state index is 14.9. The van der Waals surface area contributed by atoms with Crippen LogP contribution in [0.15, 0.2) is 55.3 Å². The Hall–Kier alpha value is -4.85. The summed E-state index contributed by atoms with van der Waals surface area (Å²) < 4.78 is 34.7. The molecule has 3 aromatic rings. The number of ether oxygens (including phenoxy) is 1. The summed E-state index contributed by atoms with van der Waals surface area (Å²) >= 11 is 0. The number of aryl methyl sites for hydroxylation is 2. The van der Waals surface area contributed by atoms with E-state index >= 15 is 0 Å². The van der Waals surface area contributed by atoms with Crippen LogP contribution in [0.5, 0.6) is 5.75 Å². The monoisotopic (exact) mass is 810 g/mol. The van der Waals surface area contributed by atoms with Gasteiger partial charge in [0.05, 0.1) is 34.6 Å². The first-order valence-corrected chi connectivity index (χ1v) is 22.4. The van der Waals surface area contributed by atoms with Gasteiger partial charge in [0.2, 0.25) is 27.7 Å². The number of nitrogens with zero attached hydrogens (tertiary/aromatic N) is 4. The standard InChI is InChI=1S/C44H54N6O7S/c1-5-28-25-44(28,42(54)48-58(55,56)30-16-17-30)47-40(52)36-22-29(26-50(36)41(53)33(43(2,3)4)23-38(51)49-20-9-6-10-21-49)57-37-24-35(34-14-7-8-19-45-34)46-39-31-13-11-12-27(31)15-18-32(37)39/h5,7-8,14-15,18-19,24,28-30,33,36H,1,6,9-13,16-17,20-23,25-26H2,2-4H3,(H,47,52)(H,48,54)/t28-,29-,33-,36+,44-/m1/s1. The molecule has 1 aromatic carbocycles. The Labute approximate surface area is 340 Å². The van der Waals surface area contributed by atoms with Crippen LogP contribution in [-0.4, -0.2) is 94.4 Å². The van der Waals surface area contributed by atoms with Gasteiger partial charge in [-0.15, -0.1) is 6.58 Å². The molecule has 2 aromatic heterocycles.